The topological polar surface area (TPSA) is 32.3 Å². The number of amides is 1. The summed E-state index contributed by atoms with van der Waals surface area (Å²) in [7, 11) is 0. The molecular formula is C24H29FN2O. The number of hydrogen-bond donors (Lipinski definition) is 1. The number of fused-ring (bicyclic) bond motifs is 5. The number of carbonyl (C=O) groups is 1. The second-order valence-electron chi connectivity index (χ2n) is 9.61. The van der Waals surface area contributed by atoms with E-state index in [1.165, 1.54) is 5.56 Å². The smallest absolute Gasteiger partial charge is 0.224 e. The Morgan fingerprint density at radius 2 is 1.82 bits per heavy atom. The second-order valence-corrected chi connectivity index (χ2v) is 9.61. The zero-order chi connectivity index (χ0) is 20.2. The molecule has 1 N–H and O–H groups in total. The number of halogens is 1. The highest BCUT2D eigenvalue weighted by molar-refractivity contribution is 5.93. The van der Waals surface area contributed by atoms with Gasteiger partial charge in [0.15, 0.2) is 0 Å². The van der Waals surface area contributed by atoms with Gasteiger partial charge in [-0.25, -0.2) is 4.39 Å². The van der Waals surface area contributed by atoms with Crippen molar-refractivity contribution in [3.63, 3.8) is 0 Å². The first-order chi connectivity index (χ1) is 13.1. The van der Waals surface area contributed by atoms with Gasteiger partial charge in [0.05, 0.1) is 6.04 Å². The predicted octanol–water partition coefficient (Wildman–Crippen LogP) is 5.87. The average molecular weight is 381 g/mol. The van der Waals surface area contributed by atoms with E-state index in [2.05, 4.69) is 43.1 Å². The number of rotatable bonds is 3. The van der Waals surface area contributed by atoms with Crippen molar-refractivity contribution < 1.29 is 9.18 Å². The monoisotopic (exact) mass is 380 g/mol. The molecule has 0 aromatic heterocycles. The van der Waals surface area contributed by atoms with Crippen LogP contribution >= 0.6 is 0 Å². The number of aryl methyl sites for hydroxylation is 2. The van der Waals surface area contributed by atoms with E-state index in [-0.39, 0.29) is 23.2 Å². The number of nitrogens with one attached hydrogen (secondary N) is 1. The summed E-state index contributed by atoms with van der Waals surface area (Å²) in [5, 5.41) is 3.10. The third-order valence-electron chi connectivity index (χ3n) is 5.95. The minimum absolute atomic E-state index is 0.0384. The molecule has 2 atom stereocenters. The molecule has 2 bridgehead atoms. The van der Waals surface area contributed by atoms with Crippen molar-refractivity contribution >= 4 is 17.3 Å². The van der Waals surface area contributed by atoms with Crippen LogP contribution in [0.15, 0.2) is 30.3 Å². The molecule has 4 heteroatoms. The van der Waals surface area contributed by atoms with Gasteiger partial charge in [0.2, 0.25) is 5.91 Å². The molecule has 1 saturated heterocycles. The zero-order valence-corrected chi connectivity index (χ0v) is 17.4. The summed E-state index contributed by atoms with van der Waals surface area (Å²) < 4.78 is 13.8. The molecule has 28 heavy (non-hydrogen) atoms. The van der Waals surface area contributed by atoms with E-state index < -0.39 is 0 Å². The van der Waals surface area contributed by atoms with Crippen LogP contribution in [-0.2, 0) is 4.79 Å². The van der Waals surface area contributed by atoms with Gasteiger partial charge in [-0.2, -0.15) is 0 Å². The molecular weight excluding hydrogens is 351 g/mol. The fourth-order valence-electron chi connectivity index (χ4n) is 4.82. The van der Waals surface area contributed by atoms with Crippen molar-refractivity contribution in [1.29, 1.82) is 0 Å². The quantitative estimate of drug-likeness (QED) is 0.723. The summed E-state index contributed by atoms with van der Waals surface area (Å²) in [5.74, 6) is 0.374. The highest BCUT2D eigenvalue weighted by atomic mass is 19.1. The molecule has 2 aromatic carbocycles. The van der Waals surface area contributed by atoms with Gasteiger partial charge in [0, 0.05) is 30.3 Å². The van der Waals surface area contributed by atoms with Crippen LogP contribution in [-0.4, -0.2) is 12.5 Å². The fraction of sp³-hybridized carbons (Fsp3) is 0.458. The van der Waals surface area contributed by atoms with Crippen molar-refractivity contribution in [3.8, 4) is 0 Å². The van der Waals surface area contributed by atoms with Gasteiger partial charge >= 0.3 is 0 Å². The Morgan fingerprint density at radius 3 is 2.46 bits per heavy atom. The number of anilines is 2. The lowest BCUT2D eigenvalue weighted by molar-refractivity contribution is -0.117. The summed E-state index contributed by atoms with van der Waals surface area (Å²) >= 11 is 0. The minimum atomic E-state index is -0.157. The first kappa shape index (κ1) is 19.0. The molecule has 2 unspecified atom stereocenters. The minimum Gasteiger partial charge on any atom is -0.364 e. The van der Waals surface area contributed by atoms with Gasteiger partial charge < -0.3 is 10.2 Å². The number of carbonyl (C=O) groups excluding carboxylic acids is 1. The fourth-order valence-corrected chi connectivity index (χ4v) is 4.82. The van der Waals surface area contributed by atoms with E-state index in [4.69, 9.17) is 0 Å². The van der Waals surface area contributed by atoms with Crippen LogP contribution in [0, 0.1) is 25.1 Å². The number of nitrogens with zero attached hydrogens (tertiary/aromatic N) is 1. The Labute approximate surface area is 166 Å². The normalized spacial score (nSPS) is 20.4. The van der Waals surface area contributed by atoms with Crippen LogP contribution in [0.1, 0.15) is 67.8 Å². The first-order valence-electron chi connectivity index (χ1n) is 10.1. The lowest BCUT2D eigenvalue weighted by atomic mass is 9.92. The molecule has 1 amide bonds. The molecule has 148 valence electrons. The molecule has 1 fully saturated rings. The van der Waals surface area contributed by atoms with E-state index in [0.717, 1.165) is 41.0 Å². The lowest BCUT2D eigenvalue weighted by Gasteiger charge is -2.32. The summed E-state index contributed by atoms with van der Waals surface area (Å²) in [6.45, 7) is 11.3. The molecule has 1 aliphatic heterocycles. The Balaban J connectivity index is 1.59. The van der Waals surface area contributed by atoms with Gasteiger partial charge in [0.1, 0.15) is 5.82 Å². The third kappa shape index (κ3) is 3.41. The maximum Gasteiger partial charge on any atom is 0.224 e. The number of hydrogen-bond acceptors (Lipinski definition) is 2. The molecule has 2 aliphatic rings. The maximum atomic E-state index is 13.8. The highest BCUT2D eigenvalue weighted by Crippen LogP contribution is 2.52. The Morgan fingerprint density at radius 1 is 1.14 bits per heavy atom. The molecule has 0 spiro atoms. The summed E-state index contributed by atoms with van der Waals surface area (Å²) in [5.41, 5.74) is 6.61. The van der Waals surface area contributed by atoms with Crippen LogP contribution in [0.2, 0.25) is 0 Å². The van der Waals surface area contributed by atoms with Gasteiger partial charge in [-0.1, -0.05) is 26.8 Å². The van der Waals surface area contributed by atoms with E-state index in [1.54, 1.807) is 12.1 Å². The second kappa shape index (κ2) is 6.61. The average Bonchev–Trinajstić information content (AvgIpc) is 3.15. The van der Waals surface area contributed by atoms with Crippen LogP contribution in [0.3, 0.4) is 0 Å². The van der Waals surface area contributed by atoms with Crippen molar-refractivity contribution in [2.24, 2.45) is 5.41 Å². The molecule has 3 nitrogen and oxygen atoms in total. The van der Waals surface area contributed by atoms with Crippen LogP contribution in [0.25, 0.3) is 0 Å². The van der Waals surface area contributed by atoms with Gasteiger partial charge in [-0.05, 0) is 72.2 Å². The number of benzene rings is 2. The largest absolute Gasteiger partial charge is 0.364 e. The van der Waals surface area contributed by atoms with Crippen molar-refractivity contribution in [2.45, 2.75) is 59.4 Å². The van der Waals surface area contributed by atoms with Gasteiger partial charge in [-0.15, -0.1) is 0 Å². The summed E-state index contributed by atoms with van der Waals surface area (Å²) in [6, 6.07) is 9.78. The van der Waals surface area contributed by atoms with E-state index >= 15 is 0 Å². The van der Waals surface area contributed by atoms with Crippen molar-refractivity contribution in [3.05, 3.63) is 58.4 Å². The van der Waals surface area contributed by atoms with E-state index in [9.17, 15) is 9.18 Å². The Hall–Kier alpha value is -2.36. The van der Waals surface area contributed by atoms with Crippen LogP contribution in [0.5, 0.6) is 0 Å². The first-order valence-corrected chi connectivity index (χ1v) is 10.1. The van der Waals surface area contributed by atoms with Gasteiger partial charge in [-0.3, -0.25) is 4.79 Å². The molecule has 4 rings (SSSR count). The highest BCUT2D eigenvalue weighted by Gasteiger charge is 2.42. The lowest BCUT2D eigenvalue weighted by Crippen LogP contribution is -2.27. The van der Waals surface area contributed by atoms with Gasteiger partial charge in [0.25, 0.3) is 0 Å². The molecule has 1 aliphatic carbocycles. The molecule has 0 saturated carbocycles. The maximum absolute atomic E-state index is 13.8. The van der Waals surface area contributed by atoms with Crippen LogP contribution in [0.4, 0.5) is 15.8 Å². The molecule has 1 heterocycles. The Bertz CT molecular complexity index is 921. The molecule has 0 radical (unpaired) electrons. The third-order valence-corrected chi connectivity index (χ3v) is 5.95. The zero-order valence-electron chi connectivity index (χ0n) is 17.4. The summed E-state index contributed by atoms with van der Waals surface area (Å²) in [6.07, 6.45) is 1.55. The Kier molecular flexibility index (Phi) is 4.48. The van der Waals surface area contributed by atoms with E-state index in [1.807, 2.05) is 19.9 Å². The summed E-state index contributed by atoms with van der Waals surface area (Å²) in [4.78, 5) is 14.8. The van der Waals surface area contributed by atoms with Crippen molar-refractivity contribution in [2.75, 3.05) is 16.8 Å². The molecule has 2 aromatic rings. The van der Waals surface area contributed by atoms with Crippen molar-refractivity contribution in [1.82, 2.24) is 0 Å². The predicted molar refractivity (Wildman–Crippen MR) is 112 cm³/mol. The van der Waals surface area contributed by atoms with E-state index in [0.29, 0.717) is 12.3 Å². The SMILES string of the molecule is Cc1cc(N2CC3CC2c2cc(F)ccc23)cc(C)c1NC(=O)CC(C)(C)C. The standard InChI is InChI=1S/C24H29FN2O/c1-14-8-18(9-15(2)23(14)26-22(28)12-24(3,4)5)27-13-16-10-21(27)20-11-17(25)6-7-19(16)20/h6-9,11,16,21H,10,12-13H2,1-5H3,(H,26,28). The van der Waals surface area contributed by atoms with Crippen LogP contribution < -0.4 is 10.2 Å².